The highest BCUT2D eigenvalue weighted by molar-refractivity contribution is 6.74. The van der Waals surface area contributed by atoms with Crippen LogP contribution >= 0.6 is 11.6 Å². The van der Waals surface area contributed by atoms with Crippen molar-refractivity contribution in [2.45, 2.75) is 58.0 Å². The summed E-state index contributed by atoms with van der Waals surface area (Å²) in [6.45, 7) is 12.8. The van der Waals surface area contributed by atoms with Gasteiger partial charge in [0.15, 0.2) is 8.32 Å². The summed E-state index contributed by atoms with van der Waals surface area (Å²) in [6, 6.07) is 2.98. The molecule has 0 aromatic carbocycles. The van der Waals surface area contributed by atoms with Gasteiger partial charge in [-0.3, -0.25) is 4.79 Å². The van der Waals surface area contributed by atoms with Gasteiger partial charge in [0, 0.05) is 11.8 Å². The van der Waals surface area contributed by atoms with Crippen LogP contribution in [-0.4, -0.2) is 39.0 Å². The number of carbonyl (C=O) groups excluding carboxylic acids is 1. The number of nitrogens with one attached hydrogen (secondary N) is 1. The van der Waals surface area contributed by atoms with Gasteiger partial charge >= 0.3 is 5.97 Å². The largest absolute Gasteiger partial charge is 0.465 e. The van der Waals surface area contributed by atoms with E-state index in [1.807, 2.05) is 6.07 Å². The predicted molar refractivity (Wildman–Crippen MR) is 99.8 cm³/mol. The molecule has 0 bridgehead atoms. The zero-order valence-corrected chi connectivity index (χ0v) is 17.4. The maximum Gasteiger partial charge on any atom is 0.326 e. The first-order valence-electron chi connectivity index (χ1n) is 8.17. The second-order valence-electron chi connectivity index (χ2n) is 7.20. The van der Waals surface area contributed by atoms with Crippen LogP contribution in [0, 0.1) is 0 Å². The van der Waals surface area contributed by atoms with Gasteiger partial charge in [0.2, 0.25) is 0 Å². The Bertz CT molecular complexity index is 561. The lowest BCUT2D eigenvalue weighted by Gasteiger charge is -2.41. The van der Waals surface area contributed by atoms with E-state index in [4.69, 9.17) is 20.8 Å². The average Bonchev–Trinajstić information content (AvgIpc) is 2.46. The van der Waals surface area contributed by atoms with Crippen LogP contribution in [0.3, 0.4) is 0 Å². The van der Waals surface area contributed by atoms with E-state index in [0.29, 0.717) is 17.3 Å². The van der Waals surface area contributed by atoms with Crippen molar-refractivity contribution in [2.75, 3.05) is 13.7 Å². The summed E-state index contributed by atoms with van der Waals surface area (Å²) in [5.41, 5.74) is 0.691. The Morgan fingerprint density at radius 2 is 2.04 bits per heavy atom. The summed E-state index contributed by atoms with van der Waals surface area (Å²) in [6.07, 6.45) is 1.06. The number of esters is 1. The van der Waals surface area contributed by atoms with Gasteiger partial charge in [0.25, 0.3) is 0 Å². The zero-order chi connectivity index (χ0) is 18.5. The smallest absolute Gasteiger partial charge is 0.326 e. The van der Waals surface area contributed by atoms with Gasteiger partial charge in [-0.15, -0.1) is 0 Å². The number of halogens is 1. The van der Waals surface area contributed by atoms with Crippen molar-refractivity contribution in [1.82, 2.24) is 10.3 Å². The van der Waals surface area contributed by atoms with E-state index in [0.717, 1.165) is 0 Å². The van der Waals surface area contributed by atoms with Crippen LogP contribution in [0.4, 0.5) is 0 Å². The molecule has 136 valence electrons. The first kappa shape index (κ1) is 21.1. The highest BCUT2D eigenvalue weighted by atomic mass is 35.5. The molecule has 1 aromatic rings. The molecule has 0 fully saturated rings. The van der Waals surface area contributed by atoms with Crippen LogP contribution in [0.2, 0.25) is 23.3 Å². The van der Waals surface area contributed by atoms with Crippen LogP contribution in [-0.2, 0) is 14.0 Å². The van der Waals surface area contributed by atoms with Crippen molar-refractivity contribution in [3.63, 3.8) is 0 Å². The standard InChI is InChI=1S/C17H29ClN2O3Si/c1-8-22-16(21)13(19-5)14(12-10-9-11-20-15(12)18)23-24(6,7)17(2,3)4/h9-11,13-14,19H,8H2,1-7H3. The minimum atomic E-state index is -2.16. The molecule has 0 spiro atoms. The van der Waals surface area contributed by atoms with Crippen molar-refractivity contribution in [2.24, 2.45) is 0 Å². The first-order chi connectivity index (χ1) is 11.0. The van der Waals surface area contributed by atoms with Crippen LogP contribution in [0.15, 0.2) is 18.3 Å². The molecular formula is C17H29ClN2O3Si. The third-order valence-electron chi connectivity index (χ3n) is 4.48. The summed E-state index contributed by atoms with van der Waals surface area (Å²) in [4.78, 5) is 16.6. The number of hydrogen-bond donors (Lipinski definition) is 1. The fraction of sp³-hybridized carbons (Fsp3) is 0.647. The fourth-order valence-corrected chi connectivity index (χ4v) is 3.52. The SMILES string of the molecule is CCOC(=O)C(NC)C(O[Si](C)(C)C(C)(C)C)c1cccnc1Cl. The lowest BCUT2D eigenvalue weighted by Crippen LogP contribution is -2.49. The quantitative estimate of drug-likeness (QED) is 0.446. The molecule has 1 N–H and O–H groups in total. The highest BCUT2D eigenvalue weighted by Gasteiger charge is 2.43. The molecule has 1 rings (SSSR count). The second-order valence-corrected chi connectivity index (χ2v) is 12.3. The van der Waals surface area contributed by atoms with E-state index in [-0.39, 0.29) is 11.0 Å². The van der Waals surface area contributed by atoms with Crippen molar-refractivity contribution < 1.29 is 14.0 Å². The van der Waals surface area contributed by atoms with Crippen molar-refractivity contribution in [1.29, 1.82) is 0 Å². The van der Waals surface area contributed by atoms with E-state index in [1.165, 1.54) is 0 Å². The zero-order valence-electron chi connectivity index (χ0n) is 15.6. The van der Waals surface area contributed by atoms with E-state index in [1.54, 1.807) is 26.2 Å². The summed E-state index contributed by atoms with van der Waals surface area (Å²) in [7, 11) is -0.440. The number of likely N-dealkylation sites (N-methyl/N-ethyl adjacent to an activating group) is 1. The van der Waals surface area contributed by atoms with E-state index in [2.05, 4.69) is 44.2 Å². The van der Waals surface area contributed by atoms with Crippen LogP contribution in [0.1, 0.15) is 39.4 Å². The number of rotatable bonds is 7. The Kier molecular flexibility index (Phi) is 7.40. The Morgan fingerprint density at radius 1 is 1.42 bits per heavy atom. The van der Waals surface area contributed by atoms with Gasteiger partial charge < -0.3 is 14.5 Å². The summed E-state index contributed by atoms with van der Waals surface area (Å²) in [5, 5.41) is 3.35. The molecule has 5 nitrogen and oxygen atoms in total. The van der Waals surface area contributed by atoms with Crippen LogP contribution < -0.4 is 5.32 Å². The first-order valence-corrected chi connectivity index (χ1v) is 11.5. The Morgan fingerprint density at radius 3 is 2.50 bits per heavy atom. The summed E-state index contributed by atoms with van der Waals surface area (Å²) < 4.78 is 11.7. The molecule has 2 unspecified atom stereocenters. The molecular weight excluding hydrogens is 344 g/mol. The normalized spacial score (nSPS) is 15.0. The van der Waals surface area contributed by atoms with Gasteiger partial charge in [0.1, 0.15) is 11.2 Å². The molecule has 7 heteroatoms. The van der Waals surface area contributed by atoms with E-state index >= 15 is 0 Å². The van der Waals surface area contributed by atoms with E-state index in [9.17, 15) is 4.79 Å². The topological polar surface area (TPSA) is 60.5 Å². The Hall–Kier alpha value is -0.953. The minimum absolute atomic E-state index is 0.00706. The Labute approximate surface area is 151 Å². The minimum Gasteiger partial charge on any atom is -0.465 e. The molecule has 1 heterocycles. The molecule has 0 aliphatic rings. The lowest BCUT2D eigenvalue weighted by molar-refractivity contribution is -0.148. The van der Waals surface area contributed by atoms with Crippen LogP contribution in [0.5, 0.6) is 0 Å². The summed E-state index contributed by atoms with van der Waals surface area (Å²) >= 11 is 6.29. The van der Waals surface area contributed by atoms with Crippen molar-refractivity contribution in [3.8, 4) is 0 Å². The van der Waals surface area contributed by atoms with Gasteiger partial charge in [-0.1, -0.05) is 38.4 Å². The number of nitrogens with zero attached hydrogens (tertiary/aromatic N) is 1. The maximum atomic E-state index is 12.4. The van der Waals surface area contributed by atoms with Crippen molar-refractivity contribution >= 4 is 25.9 Å². The lowest BCUT2D eigenvalue weighted by atomic mass is 10.0. The third kappa shape index (κ3) is 5.02. The Balaban J connectivity index is 3.31. The molecule has 24 heavy (non-hydrogen) atoms. The molecule has 1 aromatic heterocycles. The second kappa shape index (κ2) is 8.42. The molecule has 0 saturated carbocycles. The predicted octanol–water partition coefficient (Wildman–Crippen LogP) is 3.95. The molecule has 0 aliphatic carbocycles. The summed E-state index contributed by atoms with van der Waals surface area (Å²) in [5.74, 6) is -0.358. The van der Waals surface area contributed by atoms with Crippen LogP contribution in [0.25, 0.3) is 0 Å². The van der Waals surface area contributed by atoms with E-state index < -0.39 is 20.5 Å². The number of pyridine rings is 1. The average molecular weight is 373 g/mol. The molecule has 0 saturated heterocycles. The third-order valence-corrected chi connectivity index (χ3v) is 9.25. The number of carbonyl (C=O) groups is 1. The molecule has 0 amide bonds. The molecule has 0 aliphatic heterocycles. The van der Waals surface area contributed by atoms with Gasteiger partial charge in [-0.2, -0.15) is 0 Å². The maximum absolute atomic E-state index is 12.4. The fourth-order valence-electron chi connectivity index (χ4n) is 2.04. The van der Waals surface area contributed by atoms with Gasteiger partial charge in [-0.25, -0.2) is 4.98 Å². The number of aromatic nitrogens is 1. The molecule has 0 radical (unpaired) electrons. The van der Waals surface area contributed by atoms with Gasteiger partial charge in [0.05, 0.1) is 12.7 Å². The highest BCUT2D eigenvalue weighted by Crippen LogP contribution is 2.41. The molecule has 2 atom stereocenters. The van der Waals surface area contributed by atoms with Gasteiger partial charge in [-0.05, 0) is 38.2 Å². The van der Waals surface area contributed by atoms with Crippen molar-refractivity contribution in [3.05, 3.63) is 29.0 Å². The number of hydrogen-bond acceptors (Lipinski definition) is 5. The monoisotopic (exact) mass is 372 g/mol. The number of ether oxygens (including phenoxy) is 1.